The molecule has 0 saturated carbocycles. The first-order valence-electron chi connectivity index (χ1n) is 10.1. The minimum Gasteiger partial charge on any atom is -0.493 e. The van der Waals surface area contributed by atoms with Crippen LogP contribution in [0.5, 0.6) is 17.2 Å². The number of thiophene rings is 1. The maximum atomic E-state index is 6.22. The molecule has 0 N–H and O–H groups in total. The standard InChI is InChI=1S/C22H29NO3S/c1-2-3-4-10-23-11-9-19(22-6-5-12-27-22)17(14-23)15-24-18-7-8-20-21(13-18)26-16-25-20/h5-8,12-13,17,19H,2-4,9-11,14-16H2,1H3. The molecule has 4 rings (SSSR count). The summed E-state index contributed by atoms with van der Waals surface area (Å²) in [6.45, 7) is 6.85. The zero-order valence-corrected chi connectivity index (χ0v) is 16.9. The van der Waals surface area contributed by atoms with Crippen molar-refractivity contribution in [2.24, 2.45) is 5.92 Å². The Kier molecular flexibility index (Phi) is 6.20. The average Bonchev–Trinajstić information content (AvgIpc) is 3.38. The molecule has 0 aliphatic carbocycles. The number of benzene rings is 1. The maximum absolute atomic E-state index is 6.22. The van der Waals surface area contributed by atoms with Crippen LogP contribution in [0.4, 0.5) is 0 Å². The fourth-order valence-corrected chi connectivity index (χ4v) is 5.07. The van der Waals surface area contributed by atoms with Gasteiger partial charge in [-0.3, -0.25) is 0 Å². The van der Waals surface area contributed by atoms with Gasteiger partial charge >= 0.3 is 0 Å². The van der Waals surface area contributed by atoms with E-state index in [1.807, 2.05) is 29.5 Å². The topological polar surface area (TPSA) is 30.9 Å². The number of fused-ring (bicyclic) bond motifs is 1. The van der Waals surface area contributed by atoms with Gasteiger partial charge in [-0.2, -0.15) is 0 Å². The van der Waals surface area contributed by atoms with E-state index in [-0.39, 0.29) is 0 Å². The van der Waals surface area contributed by atoms with E-state index in [1.165, 1.54) is 43.6 Å². The highest BCUT2D eigenvalue weighted by Crippen LogP contribution is 2.38. The highest BCUT2D eigenvalue weighted by atomic mass is 32.1. The molecule has 1 aromatic heterocycles. The number of rotatable bonds is 8. The number of unbranched alkanes of at least 4 members (excludes halogenated alkanes) is 2. The lowest BCUT2D eigenvalue weighted by Crippen LogP contribution is -2.42. The van der Waals surface area contributed by atoms with Crippen LogP contribution < -0.4 is 14.2 Å². The third-order valence-electron chi connectivity index (χ3n) is 5.61. The van der Waals surface area contributed by atoms with Crippen LogP contribution in [0, 0.1) is 5.92 Å². The Labute approximate surface area is 166 Å². The van der Waals surface area contributed by atoms with Gasteiger partial charge in [0.1, 0.15) is 5.75 Å². The first-order chi connectivity index (χ1) is 13.3. The highest BCUT2D eigenvalue weighted by molar-refractivity contribution is 7.10. The summed E-state index contributed by atoms with van der Waals surface area (Å²) in [7, 11) is 0. The Morgan fingerprint density at radius 1 is 1.19 bits per heavy atom. The lowest BCUT2D eigenvalue weighted by atomic mass is 9.84. The van der Waals surface area contributed by atoms with Gasteiger partial charge in [-0.25, -0.2) is 0 Å². The molecule has 5 heteroatoms. The summed E-state index contributed by atoms with van der Waals surface area (Å²) in [5, 5.41) is 2.19. The molecule has 27 heavy (non-hydrogen) atoms. The molecule has 2 aromatic rings. The number of ether oxygens (including phenoxy) is 3. The fraction of sp³-hybridized carbons (Fsp3) is 0.545. The predicted molar refractivity (Wildman–Crippen MR) is 109 cm³/mol. The van der Waals surface area contributed by atoms with Crippen LogP contribution in [0.2, 0.25) is 0 Å². The van der Waals surface area contributed by atoms with Gasteiger partial charge in [0.2, 0.25) is 6.79 Å². The van der Waals surface area contributed by atoms with Crippen molar-refractivity contribution in [3.63, 3.8) is 0 Å². The molecular formula is C22H29NO3S. The molecule has 0 amide bonds. The Morgan fingerprint density at radius 2 is 2.11 bits per heavy atom. The van der Waals surface area contributed by atoms with Crippen molar-refractivity contribution < 1.29 is 14.2 Å². The van der Waals surface area contributed by atoms with Crippen molar-refractivity contribution in [2.75, 3.05) is 33.0 Å². The molecule has 2 aliphatic rings. The second-order valence-electron chi connectivity index (χ2n) is 7.50. The van der Waals surface area contributed by atoms with Gasteiger partial charge in [0, 0.05) is 29.3 Å². The van der Waals surface area contributed by atoms with E-state index in [1.54, 1.807) is 0 Å². The van der Waals surface area contributed by atoms with Crippen molar-refractivity contribution >= 4 is 11.3 Å². The zero-order chi connectivity index (χ0) is 18.5. The Morgan fingerprint density at radius 3 is 2.96 bits per heavy atom. The first kappa shape index (κ1) is 18.6. The summed E-state index contributed by atoms with van der Waals surface area (Å²) in [6, 6.07) is 10.3. The molecule has 1 fully saturated rings. The van der Waals surface area contributed by atoms with Gasteiger partial charge in [0.25, 0.3) is 0 Å². The molecule has 0 radical (unpaired) electrons. The Bertz CT molecular complexity index is 718. The van der Waals surface area contributed by atoms with Gasteiger partial charge in [-0.05, 0) is 49.5 Å². The summed E-state index contributed by atoms with van der Waals surface area (Å²) in [5.41, 5.74) is 0. The number of hydrogen-bond acceptors (Lipinski definition) is 5. The predicted octanol–water partition coefficient (Wildman–Crippen LogP) is 5.15. The fourth-order valence-electron chi connectivity index (χ4n) is 4.11. The summed E-state index contributed by atoms with van der Waals surface area (Å²) < 4.78 is 17.1. The van der Waals surface area contributed by atoms with E-state index in [0.29, 0.717) is 18.6 Å². The SMILES string of the molecule is CCCCCN1CCC(c2cccs2)C(COc2ccc3c(c2)OCO3)C1. The van der Waals surface area contributed by atoms with Crippen molar-refractivity contribution in [1.82, 2.24) is 4.90 Å². The lowest BCUT2D eigenvalue weighted by Gasteiger charge is -2.38. The van der Waals surface area contributed by atoms with Crippen LogP contribution in [-0.4, -0.2) is 37.9 Å². The van der Waals surface area contributed by atoms with Crippen LogP contribution in [0.3, 0.4) is 0 Å². The number of nitrogens with zero attached hydrogens (tertiary/aromatic N) is 1. The summed E-state index contributed by atoms with van der Waals surface area (Å²) in [6.07, 6.45) is 5.13. The average molecular weight is 388 g/mol. The Hall–Kier alpha value is -1.72. The number of piperidine rings is 1. The van der Waals surface area contributed by atoms with Gasteiger partial charge in [-0.1, -0.05) is 25.8 Å². The van der Waals surface area contributed by atoms with E-state index in [2.05, 4.69) is 29.3 Å². The van der Waals surface area contributed by atoms with Gasteiger partial charge in [-0.15, -0.1) is 11.3 Å². The van der Waals surface area contributed by atoms with Crippen molar-refractivity contribution in [3.05, 3.63) is 40.6 Å². The lowest BCUT2D eigenvalue weighted by molar-refractivity contribution is 0.110. The quantitative estimate of drug-likeness (QED) is 0.586. The monoisotopic (exact) mass is 387 g/mol. The summed E-state index contributed by atoms with van der Waals surface area (Å²) in [4.78, 5) is 4.13. The molecule has 2 unspecified atom stereocenters. The minimum atomic E-state index is 0.300. The van der Waals surface area contributed by atoms with Crippen molar-refractivity contribution in [3.8, 4) is 17.2 Å². The van der Waals surface area contributed by atoms with Crippen LogP contribution >= 0.6 is 11.3 Å². The third kappa shape index (κ3) is 4.58. The Balaban J connectivity index is 1.40. The molecule has 1 aromatic carbocycles. The minimum absolute atomic E-state index is 0.300. The molecule has 4 nitrogen and oxygen atoms in total. The van der Waals surface area contributed by atoms with Gasteiger partial charge < -0.3 is 19.1 Å². The zero-order valence-electron chi connectivity index (χ0n) is 16.1. The maximum Gasteiger partial charge on any atom is 0.231 e. The van der Waals surface area contributed by atoms with E-state index in [9.17, 15) is 0 Å². The smallest absolute Gasteiger partial charge is 0.231 e. The van der Waals surface area contributed by atoms with Crippen LogP contribution in [0.1, 0.15) is 43.4 Å². The molecule has 1 saturated heterocycles. The van der Waals surface area contributed by atoms with E-state index >= 15 is 0 Å². The molecule has 3 heterocycles. The van der Waals surface area contributed by atoms with Gasteiger partial charge in [0.15, 0.2) is 11.5 Å². The summed E-state index contributed by atoms with van der Waals surface area (Å²) in [5.74, 6) is 3.57. The molecule has 0 bridgehead atoms. The second kappa shape index (κ2) is 8.98. The second-order valence-corrected chi connectivity index (χ2v) is 8.48. The molecule has 2 atom stereocenters. The van der Waals surface area contributed by atoms with Gasteiger partial charge in [0.05, 0.1) is 6.61 Å². The van der Waals surface area contributed by atoms with Crippen LogP contribution in [0.25, 0.3) is 0 Å². The van der Waals surface area contributed by atoms with E-state index < -0.39 is 0 Å². The number of likely N-dealkylation sites (tertiary alicyclic amines) is 1. The van der Waals surface area contributed by atoms with Crippen molar-refractivity contribution in [2.45, 2.75) is 38.5 Å². The molecular weight excluding hydrogens is 358 g/mol. The molecule has 146 valence electrons. The highest BCUT2D eigenvalue weighted by Gasteiger charge is 2.31. The van der Waals surface area contributed by atoms with E-state index in [0.717, 1.165) is 30.4 Å². The van der Waals surface area contributed by atoms with Crippen LogP contribution in [0.15, 0.2) is 35.7 Å². The largest absolute Gasteiger partial charge is 0.493 e. The summed E-state index contributed by atoms with van der Waals surface area (Å²) >= 11 is 1.88. The first-order valence-corrected chi connectivity index (χ1v) is 11.0. The van der Waals surface area contributed by atoms with Crippen molar-refractivity contribution in [1.29, 1.82) is 0 Å². The van der Waals surface area contributed by atoms with E-state index in [4.69, 9.17) is 14.2 Å². The number of hydrogen-bond donors (Lipinski definition) is 0. The normalized spacial score (nSPS) is 22.1. The van der Waals surface area contributed by atoms with Crippen LogP contribution in [-0.2, 0) is 0 Å². The molecule has 0 spiro atoms. The third-order valence-corrected chi connectivity index (χ3v) is 6.62. The molecule has 2 aliphatic heterocycles.